The lowest BCUT2D eigenvalue weighted by molar-refractivity contribution is 0.967. The molecule has 2 aromatic carbocycles. The summed E-state index contributed by atoms with van der Waals surface area (Å²) in [7, 11) is 0. The van der Waals surface area contributed by atoms with E-state index in [-0.39, 0.29) is 0 Å². The second kappa shape index (κ2) is 4.82. The molecule has 0 unspecified atom stereocenters. The highest BCUT2D eigenvalue weighted by Crippen LogP contribution is 2.31. The van der Waals surface area contributed by atoms with Gasteiger partial charge in [-0.25, -0.2) is 0 Å². The summed E-state index contributed by atoms with van der Waals surface area (Å²) < 4.78 is 3.34. The van der Waals surface area contributed by atoms with Gasteiger partial charge in [-0.05, 0) is 35.2 Å². The molecule has 0 atom stereocenters. The third-order valence-corrected chi connectivity index (χ3v) is 3.72. The van der Waals surface area contributed by atoms with Crippen molar-refractivity contribution in [2.75, 3.05) is 18.4 Å². The molecular weight excluding hydrogens is 228 g/mol. The summed E-state index contributed by atoms with van der Waals surface area (Å²) in [5.41, 5.74) is 3.75. The maximum atomic E-state index is 3.42. The molecule has 2 N–H and O–H groups in total. The lowest BCUT2D eigenvalue weighted by atomic mass is 10.1. The molecule has 1 aliphatic heterocycles. The van der Waals surface area contributed by atoms with Gasteiger partial charge in [-0.2, -0.15) is 0 Å². The summed E-state index contributed by atoms with van der Waals surface area (Å²) in [5, 5.41) is 3.42. The van der Waals surface area contributed by atoms with E-state index in [1.165, 1.54) is 21.7 Å². The van der Waals surface area contributed by atoms with E-state index in [1.54, 1.807) is 11.9 Å². The third kappa shape index (κ3) is 2.30. The zero-order valence-electron chi connectivity index (χ0n) is 9.44. The lowest BCUT2D eigenvalue weighted by Crippen LogP contribution is -2.12. The normalized spacial score (nSPS) is 14.6. The highest BCUT2D eigenvalue weighted by Gasteiger charge is 2.08. The van der Waals surface area contributed by atoms with Crippen molar-refractivity contribution in [3.05, 3.63) is 48.5 Å². The molecule has 86 valence electrons. The van der Waals surface area contributed by atoms with Crippen LogP contribution in [-0.4, -0.2) is 13.1 Å². The van der Waals surface area contributed by atoms with Crippen LogP contribution in [0, 0.1) is 0 Å². The van der Waals surface area contributed by atoms with Gasteiger partial charge in [0.1, 0.15) is 0 Å². The lowest BCUT2D eigenvalue weighted by Gasteiger charge is -2.09. The van der Waals surface area contributed by atoms with Gasteiger partial charge in [0.05, 0.1) is 0 Å². The molecular formula is C14H14N2S. The Bertz CT molecular complexity index is 511. The highest BCUT2D eigenvalue weighted by atomic mass is 32.2. The minimum absolute atomic E-state index is 0.977. The van der Waals surface area contributed by atoms with Crippen LogP contribution < -0.4 is 10.0 Å². The van der Waals surface area contributed by atoms with E-state index < -0.39 is 0 Å². The molecule has 1 heterocycles. The van der Waals surface area contributed by atoms with Crippen molar-refractivity contribution in [1.82, 2.24) is 4.72 Å². The Hall–Kier alpha value is -1.45. The Morgan fingerprint density at radius 3 is 2.65 bits per heavy atom. The molecule has 2 aromatic rings. The van der Waals surface area contributed by atoms with Crippen molar-refractivity contribution in [3.8, 4) is 11.1 Å². The minimum Gasteiger partial charge on any atom is -0.383 e. The average Bonchev–Trinajstić information content (AvgIpc) is 2.64. The van der Waals surface area contributed by atoms with Crippen LogP contribution in [0.3, 0.4) is 0 Å². The molecule has 0 aromatic heterocycles. The van der Waals surface area contributed by atoms with Gasteiger partial charge in [-0.15, -0.1) is 0 Å². The molecule has 1 aliphatic rings. The first-order valence-corrected chi connectivity index (χ1v) is 6.58. The Morgan fingerprint density at radius 1 is 0.882 bits per heavy atom. The van der Waals surface area contributed by atoms with Crippen LogP contribution >= 0.6 is 11.9 Å². The van der Waals surface area contributed by atoms with Crippen molar-refractivity contribution in [1.29, 1.82) is 0 Å². The van der Waals surface area contributed by atoms with Gasteiger partial charge in [0.2, 0.25) is 0 Å². The zero-order chi connectivity index (χ0) is 11.5. The van der Waals surface area contributed by atoms with Gasteiger partial charge in [0.25, 0.3) is 0 Å². The molecule has 3 rings (SSSR count). The van der Waals surface area contributed by atoms with Crippen LogP contribution in [-0.2, 0) is 0 Å². The van der Waals surface area contributed by atoms with Gasteiger partial charge in [-0.1, -0.05) is 36.4 Å². The number of hydrogen-bond donors (Lipinski definition) is 2. The third-order valence-electron chi connectivity index (χ3n) is 2.81. The predicted molar refractivity (Wildman–Crippen MR) is 74.2 cm³/mol. The first kappa shape index (κ1) is 10.7. The van der Waals surface area contributed by atoms with E-state index in [2.05, 4.69) is 52.5 Å². The van der Waals surface area contributed by atoms with E-state index in [1.807, 2.05) is 6.07 Å². The van der Waals surface area contributed by atoms with Gasteiger partial charge in [0.15, 0.2) is 0 Å². The molecule has 17 heavy (non-hydrogen) atoms. The molecule has 0 saturated heterocycles. The molecule has 0 bridgehead atoms. The average molecular weight is 242 g/mol. The maximum absolute atomic E-state index is 3.42. The van der Waals surface area contributed by atoms with E-state index >= 15 is 0 Å². The van der Waals surface area contributed by atoms with Crippen molar-refractivity contribution in [2.45, 2.75) is 4.90 Å². The van der Waals surface area contributed by atoms with Gasteiger partial charge in [0, 0.05) is 23.7 Å². The van der Waals surface area contributed by atoms with Crippen LogP contribution in [0.15, 0.2) is 53.4 Å². The maximum Gasteiger partial charge on any atom is 0.0492 e. The van der Waals surface area contributed by atoms with Crippen LogP contribution in [0.1, 0.15) is 0 Å². The molecule has 0 saturated carbocycles. The van der Waals surface area contributed by atoms with Crippen LogP contribution in [0.25, 0.3) is 11.1 Å². The Balaban J connectivity index is 2.00. The number of hydrogen-bond acceptors (Lipinski definition) is 3. The summed E-state index contributed by atoms with van der Waals surface area (Å²) in [6.45, 7) is 1.96. The molecule has 0 amide bonds. The number of anilines is 1. The van der Waals surface area contributed by atoms with E-state index in [0.717, 1.165) is 13.1 Å². The fourth-order valence-corrected chi connectivity index (χ4v) is 2.74. The fourth-order valence-electron chi connectivity index (χ4n) is 1.94. The Morgan fingerprint density at radius 2 is 1.76 bits per heavy atom. The topological polar surface area (TPSA) is 24.1 Å². The van der Waals surface area contributed by atoms with E-state index in [0.29, 0.717) is 0 Å². The Kier molecular flexibility index (Phi) is 3.03. The summed E-state index contributed by atoms with van der Waals surface area (Å²) in [4.78, 5) is 1.27. The molecule has 0 fully saturated rings. The molecule has 0 spiro atoms. The van der Waals surface area contributed by atoms with E-state index in [9.17, 15) is 0 Å². The number of rotatable bonds is 1. The molecule has 3 heteroatoms. The molecule has 0 aliphatic carbocycles. The quantitative estimate of drug-likeness (QED) is 0.750. The first-order chi connectivity index (χ1) is 8.43. The molecule has 0 radical (unpaired) electrons. The van der Waals surface area contributed by atoms with E-state index in [4.69, 9.17) is 0 Å². The van der Waals surface area contributed by atoms with Gasteiger partial charge >= 0.3 is 0 Å². The smallest absolute Gasteiger partial charge is 0.0492 e. The summed E-state index contributed by atoms with van der Waals surface area (Å²) in [6, 6.07) is 17.1. The highest BCUT2D eigenvalue weighted by molar-refractivity contribution is 7.97. The SMILES string of the molecule is c1ccc(-c2ccc3c(c2)SNCCN3)cc1. The second-order valence-electron chi connectivity index (χ2n) is 4.00. The first-order valence-electron chi connectivity index (χ1n) is 5.76. The molecule has 2 nitrogen and oxygen atoms in total. The van der Waals surface area contributed by atoms with Crippen LogP contribution in [0.4, 0.5) is 5.69 Å². The summed E-state index contributed by atoms with van der Waals surface area (Å²) in [5.74, 6) is 0. The number of fused-ring (bicyclic) bond motifs is 1. The van der Waals surface area contributed by atoms with Crippen LogP contribution in [0.2, 0.25) is 0 Å². The number of benzene rings is 2. The summed E-state index contributed by atoms with van der Waals surface area (Å²) in [6.07, 6.45) is 0. The second-order valence-corrected chi connectivity index (χ2v) is 4.93. The fraction of sp³-hybridized carbons (Fsp3) is 0.143. The standard InChI is InChI=1S/C14H14N2S/c1-2-4-11(5-3-1)12-6-7-13-14(10-12)17-16-9-8-15-13/h1-7,10,15-16H,8-9H2. The monoisotopic (exact) mass is 242 g/mol. The largest absolute Gasteiger partial charge is 0.383 e. The predicted octanol–water partition coefficient (Wildman–Crippen LogP) is 3.38. The zero-order valence-corrected chi connectivity index (χ0v) is 10.3. The Labute approximate surface area is 106 Å². The van der Waals surface area contributed by atoms with Crippen molar-refractivity contribution in [2.24, 2.45) is 0 Å². The van der Waals surface area contributed by atoms with Gasteiger partial charge in [-0.3, -0.25) is 4.72 Å². The summed E-state index contributed by atoms with van der Waals surface area (Å²) >= 11 is 1.71. The van der Waals surface area contributed by atoms with Crippen molar-refractivity contribution < 1.29 is 0 Å². The minimum atomic E-state index is 0.977. The van der Waals surface area contributed by atoms with Crippen LogP contribution in [0.5, 0.6) is 0 Å². The number of nitrogens with one attached hydrogen (secondary N) is 2. The van der Waals surface area contributed by atoms with Gasteiger partial charge < -0.3 is 5.32 Å². The van der Waals surface area contributed by atoms with Crippen molar-refractivity contribution in [3.63, 3.8) is 0 Å². The van der Waals surface area contributed by atoms with Crippen molar-refractivity contribution >= 4 is 17.6 Å².